The minimum Gasteiger partial charge on any atom is -0.380 e. The van der Waals surface area contributed by atoms with E-state index in [1.807, 2.05) is 41.5 Å². The fourth-order valence-corrected chi connectivity index (χ4v) is 5.22. The third-order valence-electron chi connectivity index (χ3n) is 3.68. The number of hydrogen-bond donors (Lipinski definition) is 0. The lowest BCUT2D eigenvalue weighted by Crippen LogP contribution is -2.06. The van der Waals surface area contributed by atoms with E-state index in [0.717, 1.165) is 0 Å². The van der Waals surface area contributed by atoms with Crippen LogP contribution in [0, 0.1) is 11.8 Å². The van der Waals surface area contributed by atoms with Gasteiger partial charge in [0.15, 0.2) is 10.2 Å². The third-order valence-corrected chi connectivity index (χ3v) is 6.98. The van der Waals surface area contributed by atoms with Gasteiger partial charge in [-0.3, -0.25) is 19.2 Å². The number of ether oxygens (including phenoxy) is 2. The molecule has 0 aliphatic carbocycles. The number of hydrogen-bond acceptors (Lipinski definition) is 10. The molecule has 0 heterocycles. The van der Waals surface area contributed by atoms with Crippen molar-refractivity contribution in [3.05, 3.63) is 24.3 Å². The van der Waals surface area contributed by atoms with Crippen molar-refractivity contribution in [1.82, 2.24) is 0 Å². The number of carbonyl (C=O) groups excluding carboxylic acids is 4. The van der Waals surface area contributed by atoms with Crippen LogP contribution in [0.5, 0.6) is 0 Å². The van der Waals surface area contributed by atoms with Crippen molar-refractivity contribution in [2.45, 2.75) is 54.4 Å². The molecule has 10 heteroatoms. The smallest absolute Gasteiger partial charge is 0.211 e. The van der Waals surface area contributed by atoms with Crippen LogP contribution >= 0.6 is 47.0 Å². The highest BCUT2D eigenvalue weighted by atomic mass is 32.2. The minimum absolute atomic E-state index is 0.0498. The van der Waals surface area contributed by atoms with Crippen molar-refractivity contribution >= 4 is 67.5 Å². The maximum Gasteiger partial charge on any atom is 0.211 e. The highest BCUT2D eigenvalue weighted by Gasteiger charge is 2.07. The average Bonchev–Trinajstić information content (AvgIpc) is 2.77. The molecule has 0 atom stereocenters. The molecule has 0 N–H and O–H groups in total. The van der Waals surface area contributed by atoms with Gasteiger partial charge in [-0.15, -0.1) is 0 Å². The van der Waals surface area contributed by atoms with E-state index in [9.17, 15) is 19.2 Å². The van der Waals surface area contributed by atoms with E-state index >= 15 is 0 Å². The molecule has 0 saturated heterocycles. The first-order valence-electron chi connectivity index (χ1n) is 12.2. The first-order valence-corrected chi connectivity index (χ1v) is 16.1. The van der Waals surface area contributed by atoms with Gasteiger partial charge in [-0.25, -0.2) is 0 Å². The maximum atomic E-state index is 11.4. The third kappa shape index (κ3) is 31.5. The zero-order chi connectivity index (χ0) is 27.6. The van der Waals surface area contributed by atoms with Crippen LogP contribution in [0.4, 0.5) is 0 Å². The molecular weight excluding hydrogens is 537 g/mol. The zero-order valence-electron chi connectivity index (χ0n) is 22.6. The van der Waals surface area contributed by atoms with Crippen LogP contribution in [0.15, 0.2) is 24.3 Å². The summed E-state index contributed by atoms with van der Waals surface area (Å²) in [6.07, 6.45) is 7.78. The second kappa shape index (κ2) is 27.5. The van der Waals surface area contributed by atoms with Crippen LogP contribution in [0.25, 0.3) is 0 Å². The van der Waals surface area contributed by atoms with E-state index in [2.05, 4.69) is 0 Å². The Kier molecular flexibility index (Phi) is 28.8. The van der Waals surface area contributed by atoms with Gasteiger partial charge in [-0.05, 0) is 37.8 Å². The van der Waals surface area contributed by atoms with Crippen LogP contribution in [0.3, 0.4) is 0 Å². The Balaban J connectivity index is 0. The molecule has 0 aromatic rings. The molecular formula is C26H44O6S4. The largest absolute Gasteiger partial charge is 0.380 e. The van der Waals surface area contributed by atoms with Gasteiger partial charge in [0.05, 0.1) is 26.4 Å². The highest BCUT2D eigenvalue weighted by molar-refractivity contribution is 8.14. The van der Waals surface area contributed by atoms with Crippen LogP contribution in [-0.2, 0) is 28.7 Å². The molecule has 0 aromatic heterocycles. The van der Waals surface area contributed by atoms with E-state index < -0.39 is 0 Å². The van der Waals surface area contributed by atoms with Gasteiger partial charge in [0.25, 0.3) is 0 Å². The van der Waals surface area contributed by atoms with E-state index in [4.69, 9.17) is 9.47 Å². The molecule has 0 aromatic carbocycles. The van der Waals surface area contributed by atoms with Crippen molar-refractivity contribution < 1.29 is 28.7 Å². The summed E-state index contributed by atoms with van der Waals surface area (Å²) in [7, 11) is 0. The van der Waals surface area contributed by atoms with Crippen molar-refractivity contribution in [3.8, 4) is 0 Å². The zero-order valence-corrected chi connectivity index (χ0v) is 25.9. The van der Waals surface area contributed by atoms with Crippen LogP contribution in [-0.4, -0.2) is 69.9 Å². The minimum atomic E-state index is 0.0498. The number of allylic oxidation sites excluding steroid dienone is 2. The standard InChI is InChI=1S/C14H26O3S2.C12H18O3S2/c1-11(2)9-13(15)18-7-5-17-6-8-19-14(16)10-12(3)4;1-3-5-11(13)16-9-7-15-8-10-17-12(14)6-4-2/h11-12H,5-10H2,1-4H3;3-6H,7-10H2,1-2H3/b;5-3+,6-4+. The second-order valence-corrected chi connectivity index (χ2v) is 12.7. The molecule has 0 fully saturated rings. The number of carbonyl (C=O) groups is 4. The predicted octanol–water partition coefficient (Wildman–Crippen LogP) is 6.29. The summed E-state index contributed by atoms with van der Waals surface area (Å²) in [4.78, 5) is 44.9. The lowest BCUT2D eigenvalue weighted by molar-refractivity contribution is -0.112. The van der Waals surface area contributed by atoms with Crippen molar-refractivity contribution in [2.24, 2.45) is 11.8 Å². The summed E-state index contributed by atoms with van der Waals surface area (Å²) in [5.41, 5.74) is 0. The Morgan fingerprint density at radius 1 is 0.583 bits per heavy atom. The Bertz CT molecular complexity index is 609. The highest BCUT2D eigenvalue weighted by Crippen LogP contribution is 2.12. The fraction of sp³-hybridized carbons (Fsp3) is 0.692. The number of thioether (sulfide) groups is 4. The van der Waals surface area contributed by atoms with Gasteiger partial charge < -0.3 is 9.47 Å². The van der Waals surface area contributed by atoms with Crippen molar-refractivity contribution in [2.75, 3.05) is 49.4 Å². The topological polar surface area (TPSA) is 86.7 Å². The van der Waals surface area contributed by atoms with Gasteiger partial charge in [-0.2, -0.15) is 0 Å². The molecule has 0 aliphatic heterocycles. The van der Waals surface area contributed by atoms with Gasteiger partial charge in [0.1, 0.15) is 0 Å². The van der Waals surface area contributed by atoms with Crippen molar-refractivity contribution in [3.63, 3.8) is 0 Å². The molecule has 0 amide bonds. The molecule has 36 heavy (non-hydrogen) atoms. The summed E-state index contributed by atoms with van der Waals surface area (Å²) in [5, 5.41) is 0.572. The summed E-state index contributed by atoms with van der Waals surface area (Å²) >= 11 is 5.16. The molecule has 208 valence electrons. The summed E-state index contributed by atoms with van der Waals surface area (Å²) in [6.45, 7) is 14.0. The molecule has 6 nitrogen and oxygen atoms in total. The lowest BCUT2D eigenvalue weighted by atomic mass is 10.2. The average molecular weight is 581 g/mol. The van der Waals surface area contributed by atoms with E-state index in [1.165, 1.54) is 59.2 Å². The van der Waals surface area contributed by atoms with Crippen LogP contribution < -0.4 is 0 Å². The van der Waals surface area contributed by atoms with Crippen molar-refractivity contribution in [1.29, 1.82) is 0 Å². The quantitative estimate of drug-likeness (QED) is 0.136. The second-order valence-electron chi connectivity index (χ2n) is 8.20. The summed E-state index contributed by atoms with van der Waals surface area (Å²) < 4.78 is 10.7. The Hall–Kier alpha value is -0.520. The Labute approximate surface area is 235 Å². The Morgan fingerprint density at radius 2 is 0.889 bits per heavy atom. The molecule has 0 bridgehead atoms. The van der Waals surface area contributed by atoms with Crippen LogP contribution in [0.2, 0.25) is 0 Å². The Morgan fingerprint density at radius 3 is 1.17 bits per heavy atom. The molecule has 0 saturated carbocycles. The molecule has 0 radical (unpaired) electrons. The molecule has 0 unspecified atom stereocenters. The van der Waals surface area contributed by atoms with E-state index in [1.54, 1.807) is 12.2 Å². The van der Waals surface area contributed by atoms with Crippen LogP contribution in [0.1, 0.15) is 54.4 Å². The number of rotatable bonds is 18. The monoisotopic (exact) mass is 580 g/mol. The van der Waals surface area contributed by atoms with Gasteiger partial charge >= 0.3 is 0 Å². The lowest BCUT2D eigenvalue weighted by Gasteiger charge is -2.05. The molecule has 0 rings (SSSR count). The normalized spacial score (nSPS) is 11.3. The molecule has 0 aliphatic rings. The predicted molar refractivity (Wildman–Crippen MR) is 160 cm³/mol. The SMILES string of the molecule is C/C=C/C(=O)SCCOCCSC(=O)/C=C/C.CC(C)CC(=O)SCCOCCSC(=O)CC(C)C. The fourth-order valence-electron chi connectivity index (χ4n) is 2.19. The molecule has 0 spiro atoms. The summed E-state index contributed by atoms with van der Waals surface area (Å²) in [5.74, 6) is 3.55. The van der Waals surface area contributed by atoms with Gasteiger partial charge in [-0.1, -0.05) is 86.9 Å². The first kappa shape index (κ1) is 37.6. The summed E-state index contributed by atoms with van der Waals surface area (Å²) in [6, 6.07) is 0. The first-order chi connectivity index (χ1) is 17.1. The maximum absolute atomic E-state index is 11.4. The van der Waals surface area contributed by atoms with Gasteiger partial charge in [0, 0.05) is 35.9 Å². The van der Waals surface area contributed by atoms with E-state index in [0.29, 0.717) is 74.1 Å². The van der Waals surface area contributed by atoms with Gasteiger partial charge in [0.2, 0.25) is 10.2 Å². The van der Waals surface area contributed by atoms with E-state index in [-0.39, 0.29) is 20.5 Å².